The Morgan fingerprint density at radius 2 is 1.91 bits per heavy atom. The zero-order valence-corrected chi connectivity index (χ0v) is 20.8. The molecule has 2 N–H and O–H groups in total. The number of carbonyl (C=O) groups is 1. The van der Waals surface area contributed by atoms with E-state index in [1.165, 1.54) is 15.8 Å². The second kappa shape index (κ2) is 9.72. The third kappa shape index (κ3) is 4.84. The Hall–Kier alpha value is -3.59. The summed E-state index contributed by atoms with van der Waals surface area (Å²) in [4.78, 5) is 39.7. The highest BCUT2D eigenvalue weighted by atomic mass is 32.1. The van der Waals surface area contributed by atoms with Crippen LogP contribution in [0.4, 0.5) is 5.69 Å². The number of amides is 1. The van der Waals surface area contributed by atoms with E-state index in [0.717, 1.165) is 33.2 Å². The molecule has 34 heavy (non-hydrogen) atoms. The summed E-state index contributed by atoms with van der Waals surface area (Å²) in [7, 11) is 1.59. The average molecular weight is 477 g/mol. The lowest BCUT2D eigenvalue weighted by atomic mass is 10.0. The molecular formula is C25H28N6O2S. The molecule has 0 aliphatic carbocycles. The number of carbonyl (C=O) groups excluding carboxylic acids is 1. The number of nitrogens with one attached hydrogen (secondary N) is 2. The van der Waals surface area contributed by atoms with E-state index in [9.17, 15) is 9.59 Å². The molecule has 0 saturated heterocycles. The Labute approximate surface area is 202 Å². The number of hydrogen-bond donors (Lipinski definition) is 2. The molecule has 9 heteroatoms. The molecule has 0 bridgehead atoms. The Balaban J connectivity index is 1.64. The van der Waals surface area contributed by atoms with Gasteiger partial charge in [0, 0.05) is 30.2 Å². The van der Waals surface area contributed by atoms with E-state index >= 15 is 0 Å². The van der Waals surface area contributed by atoms with E-state index in [2.05, 4.69) is 31.7 Å². The van der Waals surface area contributed by atoms with Gasteiger partial charge in [0.05, 0.1) is 51.8 Å². The third-order valence-corrected chi connectivity index (χ3v) is 6.92. The van der Waals surface area contributed by atoms with E-state index in [-0.39, 0.29) is 23.9 Å². The summed E-state index contributed by atoms with van der Waals surface area (Å²) in [6.07, 6.45) is 3.31. The van der Waals surface area contributed by atoms with Crippen molar-refractivity contribution < 1.29 is 4.79 Å². The number of rotatable bonds is 7. The number of aromatic nitrogens is 4. The number of hydrogen-bond acceptors (Lipinski definition) is 7. The fraction of sp³-hybridized carbons (Fsp3) is 0.320. The van der Waals surface area contributed by atoms with Gasteiger partial charge in [0.2, 0.25) is 5.91 Å². The number of pyridine rings is 1. The van der Waals surface area contributed by atoms with E-state index < -0.39 is 0 Å². The van der Waals surface area contributed by atoms with Gasteiger partial charge in [-0.2, -0.15) is 0 Å². The standard InChI is InChI=1S/C25H28N6O2S/c1-14(24(32)26-5)12-31-13-29-21-7-6-18(8-20(21)25(31)33)19-9-22(15(2)27-10-19)28-11-23-16(3)30-17(4)34-23/h6-10,13-14,28H,11-12H2,1-5H3,(H,26,32)/t14-/m1/s1. The van der Waals surface area contributed by atoms with Crippen molar-refractivity contribution in [2.24, 2.45) is 5.92 Å². The minimum atomic E-state index is -0.342. The number of anilines is 1. The number of benzene rings is 1. The highest BCUT2D eigenvalue weighted by Crippen LogP contribution is 2.27. The van der Waals surface area contributed by atoms with E-state index in [4.69, 9.17) is 0 Å². The second-order valence-corrected chi connectivity index (χ2v) is 9.69. The largest absolute Gasteiger partial charge is 0.379 e. The monoisotopic (exact) mass is 476 g/mol. The molecule has 0 unspecified atom stereocenters. The maximum atomic E-state index is 13.1. The molecular weight excluding hydrogens is 448 g/mol. The summed E-state index contributed by atoms with van der Waals surface area (Å²) in [6.45, 7) is 8.73. The van der Waals surface area contributed by atoms with Gasteiger partial charge >= 0.3 is 0 Å². The van der Waals surface area contributed by atoms with Crippen molar-refractivity contribution in [3.05, 3.63) is 68.4 Å². The number of thiazole rings is 1. The van der Waals surface area contributed by atoms with Crippen molar-refractivity contribution in [1.82, 2.24) is 24.8 Å². The summed E-state index contributed by atoms with van der Waals surface area (Å²) in [5, 5.41) is 7.66. The van der Waals surface area contributed by atoms with Crippen molar-refractivity contribution in [3.8, 4) is 11.1 Å². The summed E-state index contributed by atoms with van der Waals surface area (Å²) < 4.78 is 1.49. The molecule has 0 spiro atoms. The molecule has 1 amide bonds. The first-order chi connectivity index (χ1) is 16.3. The lowest BCUT2D eigenvalue weighted by Crippen LogP contribution is -2.32. The zero-order valence-electron chi connectivity index (χ0n) is 20.0. The molecule has 0 saturated carbocycles. The molecule has 4 aromatic rings. The SMILES string of the molecule is CNC(=O)[C@H](C)Cn1cnc2ccc(-c3cnc(C)c(NCc4sc(C)nc4C)c3)cc2c1=O. The van der Waals surface area contributed by atoms with Gasteiger partial charge < -0.3 is 10.6 Å². The van der Waals surface area contributed by atoms with Gasteiger partial charge in [-0.1, -0.05) is 13.0 Å². The van der Waals surface area contributed by atoms with Gasteiger partial charge in [0.1, 0.15) is 0 Å². The van der Waals surface area contributed by atoms with Crippen molar-refractivity contribution >= 4 is 33.8 Å². The van der Waals surface area contributed by atoms with Gasteiger partial charge in [-0.15, -0.1) is 11.3 Å². The van der Waals surface area contributed by atoms with E-state index in [1.54, 1.807) is 25.3 Å². The van der Waals surface area contributed by atoms with Crippen LogP contribution in [0.15, 0.2) is 41.6 Å². The maximum Gasteiger partial charge on any atom is 0.261 e. The summed E-state index contributed by atoms with van der Waals surface area (Å²) in [5.74, 6) is -0.457. The lowest BCUT2D eigenvalue weighted by molar-refractivity contribution is -0.124. The highest BCUT2D eigenvalue weighted by molar-refractivity contribution is 7.11. The lowest BCUT2D eigenvalue weighted by Gasteiger charge is -2.13. The minimum absolute atomic E-state index is 0.116. The minimum Gasteiger partial charge on any atom is -0.379 e. The summed E-state index contributed by atoms with van der Waals surface area (Å²) in [6, 6.07) is 7.68. The highest BCUT2D eigenvalue weighted by Gasteiger charge is 2.15. The van der Waals surface area contributed by atoms with Crippen LogP contribution in [-0.2, 0) is 17.9 Å². The maximum absolute atomic E-state index is 13.1. The quantitative estimate of drug-likeness (QED) is 0.420. The van der Waals surface area contributed by atoms with Crippen LogP contribution in [0.3, 0.4) is 0 Å². The molecule has 0 radical (unpaired) electrons. The van der Waals surface area contributed by atoms with Crippen LogP contribution in [0.5, 0.6) is 0 Å². The summed E-state index contributed by atoms with van der Waals surface area (Å²) >= 11 is 1.69. The van der Waals surface area contributed by atoms with Gasteiger partial charge in [-0.25, -0.2) is 9.97 Å². The van der Waals surface area contributed by atoms with Crippen LogP contribution in [-0.4, -0.2) is 32.5 Å². The number of fused-ring (bicyclic) bond motifs is 1. The normalized spacial score (nSPS) is 12.0. The van der Waals surface area contributed by atoms with Crippen LogP contribution in [0.25, 0.3) is 22.0 Å². The van der Waals surface area contributed by atoms with Gasteiger partial charge in [-0.05, 0) is 44.5 Å². The summed E-state index contributed by atoms with van der Waals surface area (Å²) in [5.41, 5.74) is 5.11. The van der Waals surface area contributed by atoms with Gasteiger partial charge in [-0.3, -0.25) is 19.1 Å². The van der Waals surface area contributed by atoms with Gasteiger partial charge in [0.25, 0.3) is 5.56 Å². The molecule has 0 fully saturated rings. The second-order valence-electron chi connectivity index (χ2n) is 8.40. The molecule has 1 aromatic carbocycles. The Morgan fingerprint density at radius 1 is 1.12 bits per heavy atom. The van der Waals surface area contributed by atoms with Crippen molar-refractivity contribution in [2.45, 2.75) is 40.8 Å². The number of nitrogens with zero attached hydrogens (tertiary/aromatic N) is 4. The molecule has 0 aliphatic rings. The van der Waals surface area contributed by atoms with Crippen LogP contribution < -0.4 is 16.2 Å². The molecule has 0 aliphatic heterocycles. The predicted molar refractivity (Wildman–Crippen MR) is 136 cm³/mol. The van der Waals surface area contributed by atoms with E-state index in [0.29, 0.717) is 17.4 Å². The topological polar surface area (TPSA) is 102 Å². The smallest absolute Gasteiger partial charge is 0.261 e. The molecule has 1 atom stereocenters. The first kappa shape index (κ1) is 23.6. The van der Waals surface area contributed by atoms with Gasteiger partial charge in [0.15, 0.2) is 0 Å². The first-order valence-electron chi connectivity index (χ1n) is 11.1. The Morgan fingerprint density at radius 3 is 2.62 bits per heavy atom. The fourth-order valence-electron chi connectivity index (χ4n) is 3.88. The average Bonchev–Trinajstić information content (AvgIpc) is 3.16. The van der Waals surface area contributed by atoms with Crippen molar-refractivity contribution in [3.63, 3.8) is 0 Å². The number of aryl methyl sites for hydroxylation is 3. The van der Waals surface area contributed by atoms with Crippen molar-refractivity contribution in [1.29, 1.82) is 0 Å². The fourth-order valence-corrected chi connectivity index (χ4v) is 4.75. The molecule has 8 nitrogen and oxygen atoms in total. The zero-order chi connectivity index (χ0) is 24.4. The Bertz CT molecular complexity index is 1420. The molecule has 176 valence electrons. The van der Waals surface area contributed by atoms with E-state index in [1.807, 2.05) is 45.2 Å². The molecule has 4 rings (SSSR count). The van der Waals surface area contributed by atoms with Crippen molar-refractivity contribution in [2.75, 3.05) is 12.4 Å². The predicted octanol–water partition coefficient (Wildman–Crippen LogP) is 3.83. The molecule has 3 aromatic heterocycles. The first-order valence-corrected chi connectivity index (χ1v) is 11.9. The van der Waals surface area contributed by atoms with Crippen LogP contribution in [0.1, 0.15) is 28.2 Å². The Kier molecular flexibility index (Phi) is 6.74. The molecule has 3 heterocycles. The van der Waals surface area contributed by atoms with Crippen LogP contribution >= 0.6 is 11.3 Å². The third-order valence-electron chi connectivity index (χ3n) is 5.85. The van der Waals surface area contributed by atoms with Crippen LogP contribution in [0.2, 0.25) is 0 Å². The van der Waals surface area contributed by atoms with Crippen LogP contribution in [0, 0.1) is 26.7 Å².